The van der Waals surface area contributed by atoms with E-state index in [1.54, 1.807) is 0 Å². The zero-order chi connectivity index (χ0) is 27.4. The van der Waals surface area contributed by atoms with Crippen molar-refractivity contribution in [3.05, 3.63) is 12.4 Å². The molecule has 1 aliphatic heterocycles. The molecule has 1 unspecified atom stereocenters. The molecule has 226 valence electrons. The van der Waals surface area contributed by atoms with Crippen molar-refractivity contribution in [3.8, 4) is 0 Å². The Labute approximate surface area is 241 Å². The Bertz CT molecular complexity index is 488. The molecule has 38 heavy (non-hydrogen) atoms. The predicted molar refractivity (Wildman–Crippen MR) is 173 cm³/mol. The Morgan fingerprint density at radius 3 is 0.921 bits per heavy atom. The summed E-state index contributed by atoms with van der Waals surface area (Å²) in [6, 6.07) is 0. The van der Waals surface area contributed by atoms with Gasteiger partial charge in [-0.15, -0.1) is 0 Å². The van der Waals surface area contributed by atoms with Gasteiger partial charge >= 0.3 is 0 Å². The molecular formula is C36H72N2. The van der Waals surface area contributed by atoms with E-state index in [0.717, 1.165) is 0 Å². The van der Waals surface area contributed by atoms with Crippen molar-refractivity contribution in [1.29, 1.82) is 0 Å². The highest BCUT2D eigenvalue weighted by molar-refractivity contribution is 4.97. The summed E-state index contributed by atoms with van der Waals surface area (Å²) in [7, 11) is 0. The quantitative estimate of drug-likeness (QED) is 0.0848. The molecule has 0 saturated heterocycles. The lowest BCUT2D eigenvalue weighted by molar-refractivity contribution is 0.135. The number of unbranched alkanes of at least 4 members (excludes halogenated alkanes) is 24. The third-order valence-corrected chi connectivity index (χ3v) is 8.82. The maximum atomic E-state index is 2.69. The fourth-order valence-corrected chi connectivity index (χ4v) is 6.19. The standard InChI is InChI=1S/C36H72N2/c1-4-7-10-13-15-17-18-19-20-21-22-23-25-27-30-33-38-35-34-37(36(38)31-28-12-9-6-3)32-29-26-24-16-14-11-8-5-2/h34-36H,4-33H2,1-3H3. The molecule has 0 aromatic rings. The Morgan fingerprint density at radius 1 is 0.342 bits per heavy atom. The number of hydrogen-bond donors (Lipinski definition) is 0. The third kappa shape index (κ3) is 20.3. The van der Waals surface area contributed by atoms with E-state index in [0.29, 0.717) is 6.17 Å². The third-order valence-electron chi connectivity index (χ3n) is 8.82. The van der Waals surface area contributed by atoms with Crippen LogP contribution in [-0.2, 0) is 0 Å². The second kappa shape index (κ2) is 27.9. The predicted octanol–water partition coefficient (Wildman–Crippen LogP) is 12.4. The van der Waals surface area contributed by atoms with Crippen molar-refractivity contribution >= 4 is 0 Å². The van der Waals surface area contributed by atoms with Gasteiger partial charge in [-0.2, -0.15) is 0 Å². The Kier molecular flexibility index (Phi) is 26.0. The summed E-state index contributed by atoms with van der Waals surface area (Å²) in [5.41, 5.74) is 0. The molecule has 0 spiro atoms. The monoisotopic (exact) mass is 533 g/mol. The van der Waals surface area contributed by atoms with Crippen LogP contribution in [0.15, 0.2) is 12.4 Å². The molecule has 0 N–H and O–H groups in total. The normalized spacial score (nSPS) is 15.3. The summed E-state index contributed by atoms with van der Waals surface area (Å²) in [5.74, 6) is 0. The summed E-state index contributed by atoms with van der Waals surface area (Å²) in [6.45, 7) is 9.48. The van der Waals surface area contributed by atoms with E-state index in [4.69, 9.17) is 0 Å². The van der Waals surface area contributed by atoms with Gasteiger partial charge in [0.1, 0.15) is 6.17 Å². The summed E-state index contributed by atoms with van der Waals surface area (Å²) in [6.07, 6.45) is 45.5. The van der Waals surface area contributed by atoms with E-state index < -0.39 is 0 Å². The maximum absolute atomic E-state index is 2.69. The Balaban J connectivity index is 2.09. The van der Waals surface area contributed by atoms with Gasteiger partial charge in [-0.3, -0.25) is 0 Å². The molecule has 2 nitrogen and oxygen atoms in total. The van der Waals surface area contributed by atoms with E-state index in [2.05, 4.69) is 43.0 Å². The second-order valence-electron chi connectivity index (χ2n) is 12.5. The molecular weight excluding hydrogens is 460 g/mol. The second-order valence-corrected chi connectivity index (χ2v) is 12.5. The number of nitrogens with zero attached hydrogens (tertiary/aromatic N) is 2. The lowest BCUT2D eigenvalue weighted by atomic mass is 10.0. The minimum Gasteiger partial charge on any atom is -0.356 e. The van der Waals surface area contributed by atoms with Crippen LogP contribution in [0.5, 0.6) is 0 Å². The minimum atomic E-state index is 0.642. The van der Waals surface area contributed by atoms with E-state index >= 15 is 0 Å². The first-order valence-electron chi connectivity index (χ1n) is 18.0. The minimum absolute atomic E-state index is 0.642. The molecule has 1 heterocycles. The van der Waals surface area contributed by atoms with Crippen molar-refractivity contribution in [3.63, 3.8) is 0 Å². The van der Waals surface area contributed by atoms with Crippen molar-refractivity contribution in [2.24, 2.45) is 0 Å². The van der Waals surface area contributed by atoms with Gasteiger partial charge in [0.15, 0.2) is 0 Å². The topological polar surface area (TPSA) is 6.48 Å². The zero-order valence-electron chi connectivity index (χ0n) is 26.8. The van der Waals surface area contributed by atoms with Crippen molar-refractivity contribution in [1.82, 2.24) is 9.80 Å². The van der Waals surface area contributed by atoms with Gasteiger partial charge in [-0.05, 0) is 25.7 Å². The SMILES string of the molecule is CCCCCCCCCCCCCCCCCN1C=CN(CCCCCCCCCC)C1CCCCCC. The van der Waals surface area contributed by atoms with Crippen LogP contribution < -0.4 is 0 Å². The van der Waals surface area contributed by atoms with E-state index in [9.17, 15) is 0 Å². The molecule has 1 aliphatic rings. The smallest absolute Gasteiger partial charge is 0.101 e. The first-order chi connectivity index (χ1) is 18.8. The van der Waals surface area contributed by atoms with E-state index in [1.165, 1.54) is 193 Å². The van der Waals surface area contributed by atoms with Crippen LogP contribution in [-0.4, -0.2) is 29.1 Å². The van der Waals surface area contributed by atoms with Crippen LogP contribution in [0.1, 0.15) is 201 Å². The van der Waals surface area contributed by atoms with Crippen molar-refractivity contribution < 1.29 is 0 Å². The fraction of sp³-hybridized carbons (Fsp3) is 0.944. The molecule has 0 bridgehead atoms. The van der Waals surface area contributed by atoms with Crippen LogP contribution in [0, 0.1) is 0 Å². The first kappa shape index (κ1) is 35.4. The lowest BCUT2D eigenvalue weighted by Crippen LogP contribution is -2.39. The van der Waals surface area contributed by atoms with Crippen molar-refractivity contribution in [2.45, 2.75) is 207 Å². The van der Waals surface area contributed by atoms with E-state index in [-0.39, 0.29) is 0 Å². The average Bonchev–Trinajstić information content (AvgIpc) is 3.31. The highest BCUT2D eigenvalue weighted by Gasteiger charge is 2.24. The maximum Gasteiger partial charge on any atom is 0.101 e. The summed E-state index contributed by atoms with van der Waals surface area (Å²) in [5, 5.41) is 0. The molecule has 0 amide bonds. The zero-order valence-corrected chi connectivity index (χ0v) is 26.8. The van der Waals surface area contributed by atoms with Gasteiger partial charge in [0, 0.05) is 25.5 Å². The van der Waals surface area contributed by atoms with Gasteiger partial charge in [0.2, 0.25) is 0 Å². The molecule has 0 aromatic heterocycles. The van der Waals surface area contributed by atoms with Gasteiger partial charge in [0.25, 0.3) is 0 Å². The van der Waals surface area contributed by atoms with Crippen LogP contribution in [0.2, 0.25) is 0 Å². The Morgan fingerprint density at radius 2 is 0.605 bits per heavy atom. The molecule has 0 radical (unpaired) electrons. The van der Waals surface area contributed by atoms with Gasteiger partial charge < -0.3 is 9.80 Å². The lowest BCUT2D eigenvalue weighted by Gasteiger charge is -2.33. The van der Waals surface area contributed by atoms with Crippen LogP contribution in [0.3, 0.4) is 0 Å². The highest BCUT2D eigenvalue weighted by Crippen LogP contribution is 2.24. The molecule has 1 rings (SSSR count). The molecule has 1 atom stereocenters. The molecule has 0 aliphatic carbocycles. The van der Waals surface area contributed by atoms with Crippen molar-refractivity contribution in [2.75, 3.05) is 13.1 Å². The average molecular weight is 533 g/mol. The van der Waals surface area contributed by atoms with Gasteiger partial charge in [-0.1, -0.05) is 175 Å². The Hall–Kier alpha value is -0.660. The summed E-state index contributed by atoms with van der Waals surface area (Å²) >= 11 is 0. The first-order valence-corrected chi connectivity index (χ1v) is 18.0. The van der Waals surface area contributed by atoms with Gasteiger partial charge in [-0.25, -0.2) is 0 Å². The fourth-order valence-electron chi connectivity index (χ4n) is 6.19. The molecule has 0 saturated carbocycles. The van der Waals surface area contributed by atoms with E-state index in [1.807, 2.05) is 0 Å². The summed E-state index contributed by atoms with van der Waals surface area (Å²) < 4.78 is 0. The van der Waals surface area contributed by atoms with Gasteiger partial charge in [0.05, 0.1) is 0 Å². The highest BCUT2D eigenvalue weighted by atomic mass is 15.4. The molecule has 0 fully saturated rings. The van der Waals surface area contributed by atoms with Crippen LogP contribution >= 0.6 is 0 Å². The number of rotatable bonds is 30. The van der Waals surface area contributed by atoms with Crippen LogP contribution in [0.25, 0.3) is 0 Å². The molecule has 2 heteroatoms. The molecule has 0 aromatic carbocycles. The van der Waals surface area contributed by atoms with Crippen LogP contribution in [0.4, 0.5) is 0 Å². The summed E-state index contributed by atoms with van der Waals surface area (Å²) in [4.78, 5) is 5.38. The largest absolute Gasteiger partial charge is 0.356 e. The number of hydrogen-bond acceptors (Lipinski definition) is 2.